The molecule has 3 rings (SSSR count). The van der Waals surface area contributed by atoms with Crippen LogP contribution in [0.4, 0.5) is 5.69 Å². The molecule has 0 aliphatic carbocycles. The van der Waals surface area contributed by atoms with Crippen LogP contribution in [-0.4, -0.2) is 30.8 Å². The molecule has 0 saturated carbocycles. The van der Waals surface area contributed by atoms with Crippen molar-refractivity contribution in [1.29, 1.82) is 0 Å². The van der Waals surface area contributed by atoms with Crippen molar-refractivity contribution < 1.29 is 9.53 Å². The molecule has 1 N–H and O–H groups in total. The highest BCUT2D eigenvalue weighted by Gasteiger charge is 2.35. The molecule has 2 aromatic carbocycles. The van der Waals surface area contributed by atoms with Crippen molar-refractivity contribution in [2.45, 2.75) is 45.6 Å². The first kappa shape index (κ1) is 22.6. The Labute approximate surface area is 191 Å². The molecule has 7 heteroatoms. The lowest BCUT2D eigenvalue weighted by Crippen LogP contribution is -2.48. The van der Waals surface area contributed by atoms with Gasteiger partial charge in [0.15, 0.2) is 6.61 Å². The standard InChI is InChI=1S/C23H27BrClN3O2/c1-5-28-21-11-20(25)16(9-19(21)15(2)12-23(28,3)4)13-26-27-22(29)14-30-18-8-6-7-17(24)10-18/h6-11,13,15H,5,12,14H2,1-4H3,(H,27,29)/b26-13+. The lowest BCUT2D eigenvalue weighted by molar-refractivity contribution is -0.123. The second-order valence-electron chi connectivity index (χ2n) is 8.13. The number of halogens is 2. The first-order chi connectivity index (χ1) is 14.2. The van der Waals surface area contributed by atoms with E-state index in [1.807, 2.05) is 18.2 Å². The maximum Gasteiger partial charge on any atom is 0.277 e. The molecule has 1 unspecified atom stereocenters. The summed E-state index contributed by atoms with van der Waals surface area (Å²) in [6.07, 6.45) is 2.65. The van der Waals surface area contributed by atoms with Gasteiger partial charge in [-0.25, -0.2) is 5.43 Å². The van der Waals surface area contributed by atoms with Gasteiger partial charge >= 0.3 is 0 Å². The Bertz CT molecular complexity index is 961. The average Bonchev–Trinajstić information content (AvgIpc) is 2.67. The number of anilines is 1. The Balaban J connectivity index is 1.67. The van der Waals surface area contributed by atoms with Gasteiger partial charge in [0.25, 0.3) is 5.91 Å². The number of nitrogens with one attached hydrogen (secondary N) is 1. The monoisotopic (exact) mass is 491 g/mol. The number of carbonyl (C=O) groups excluding carboxylic acids is 1. The summed E-state index contributed by atoms with van der Waals surface area (Å²) in [4.78, 5) is 14.4. The summed E-state index contributed by atoms with van der Waals surface area (Å²) in [5.41, 5.74) is 5.79. The maximum atomic E-state index is 12.0. The lowest BCUT2D eigenvalue weighted by Gasteiger charge is -2.47. The van der Waals surface area contributed by atoms with Gasteiger partial charge in [0, 0.05) is 27.8 Å². The van der Waals surface area contributed by atoms with Gasteiger partial charge in [-0.3, -0.25) is 4.79 Å². The van der Waals surface area contributed by atoms with Gasteiger partial charge in [-0.2, -0.15) is 5.10 Å². The van der Waals surface area contributed by atoms with Gasteiger partial charge in [-0.1, -0.05) is 40.5 Å². The van der Waals surface area contributed by atoms with Gasteiger partial charge in [0.05, 0.1) is 11.2 Å². The van der Waals surface area contributed by atoms with Crippen LogP contribution < -0.4 is 15.1 Å². The van der Waals surface area contributed by atoms with Crippen molar-refractivity contribution in [3.8, 4) is 5.75 Å². The third kappa shape index (κ3) is 5.16. The summed E-state index contributed by atoms with van der Waals surface area (Å²) in [6.45, 7) is 9.74. The normalized spacial score (nSPS) is 17.7. The second kappa shape index (κ2) is 9.40. The predicted molar refractivity (Wildman–Crippen MR) is 127 cm³/mol. The van der Waals surface area contributed by atoms with Crippen LogP contribution in [0.5, 0.6) is 5.75 Å². The van der Waals surface area contributed by atoms with Crippen LogP contribution in [0.3, 0.4) is 0 Å². The zero-order valence-corrected chi connectivity index (χ0v) is 20.0. The molecular weight excluding hydrogens is 466 g/mol. The Morgan fingerprint density at radius 3 is 2.87 bits per heavy atom. The highest BCUT2D eigenvalue weighted by Crippen LogP contribution is 2.44. The van der Waals surface area contributed by atoms with Crippen LogP contribution in [0.1, 0.15) is 51.2 Å². The molecule has 1 atom stereocenters. The molecule has 0 bridgehead atoms. The number of hydrogen-bond donors (Lipinski definition) is 1. The van der Waals surface area contributed by atoms with Crippen molar-refractivity contribution in [2.24, 2.45) is 5.10 Å². The minimum Gasteiger partial charge on any atom is -0.484 e. The quantitative estimate of drug-likeness (QED) is 0.413. The number of fused-ring (bicyclic) bond motifs is 1. The van der Waals surface area contributed by atoms with Crippen LogP contribution in [0.15, 0.2) is 46.0 Å². The molecule has 30 heavy (non-hydrogen) atoms. The molecule has 0 fully saturated rings. The Morgan fingerprint density at radius 1 is 1.40 bits per heavy atom. The molecule has 160 valence electrons. The summed E-state index contributed by atoms with van der Waals surface area (Å²) in [7, 11) is 0. The molecule has 5 nitrogen and oxygen atoms in total. The van der Waals surface area contributed by atoms with E-state index in [9.17, 15) is 4.79 Å². The second-order valence-corrected chi connectivity index (χ2v) is 9.46. The highest BCUT2D eigenvalue weighted by molar-refractivity contribution is 9.10. The van der Waals surface area contributed by atoms with Gasteiger partial charge in [-0.05, 0) is 69.0 Å². The van der Waals surface area contributed by atoms with Crippen LogP contribution in [0, 0.1) is 0 Å². The van der Waals surface area contributed by atoms with Crippen LogP contribution in [0.2, 0.25) is 5.02 Å². The molecule has 0 aromatic heterocycles. The van der Waals surface area contributed by atoms with Crippen molar-refractivity contribution in [2.75, 3.05) is 18.1 Å². The lowest BCUT2D eigenvalue weighted by atomic mass is 9.79. The van der Waals surface area contributed by atoms with Crippen molar-refractivity contribution in [3.05, 3.63) is 57.0 Å². The summed E-state index contributed by atoms with van der Waals surface area (Å²) in [6, 6.07) is 11.4. The van der Waals surface area contributed by atoms with E-state index < -0.39 is 0 Å². The average molecular weight is 493 g/mol. The maximum absolute atomic E-state index is 12.0. The van der Waals surface area contributed by atoms with E-state index in [2.05, 4.69) is 65.1 Å². The van der Waals surface area contributed by atoms with E-state index in [0.29, 0.717) is 16.7 Å². The van der Waals surface area contributed by atoms with E-state index in [1.54, 1.807) is 18.3 Å². The molecule has 0 saturated heterocycles. The van der Waals surface area contributed by atoms with Crippen molar-refractivity contribution in [3.63, 3.8) is 0 Å². The fourth-order valence-electron chi connectivity index (χ4n) is 4.13. The van der Waals surface area contributed by atoms with Crippen molar-refractivity contribution in [1.82, 2.24) is 5.43 Å². The zero-order valence-electron chi connectivity index (χ0n) is 17.7. The number of hydrazone groups is 1. The first-order valence-corrected chi connectivity index (χ1v) is 11.2. The van der Waals surface area contributed by atoms with E-state index >= 15 is 0 Å². The fourth-order valence-corrected chi connectivity index (χ4v) is 4.72. The third-order valence-electron chi connectivity index (χ3n) is 5.38. The fraction of sp³-hybridized carbons (Fsp3) is 0.391. The molecule has 1 aliphatic heterocycles. The van der Waals surface area contributed by atoms with Gasteiger partial charge in [-0.15, -0.1) is 0 Å². The summed E-state index contributed by atoms with van der Waals surface area (Å²) in [5, 5.41) is 4.67. The molecule has 0 radical (unpaired) electrons. The van der Waals surface area contributed by atoms with E-state index in [-0.39, 0.29) is 18.1 Å². The number of benzene rings is 2. The largest absolute Gasteiger partial charge is 0.484 e. The topological polar surface area (TPSA) is 53.9 Å². The minimum absolute atomic E-state index is 0.0857. The molecule has 0 spiro atoms. The Kier molecular flexibility index (Phi) is 7.09. The summed E-state index contributed by atoms with van der Waals surface area (Å²) >= 11 is 9.90. The van der Waals surface area contributed by atoms with Crippen LogP contribution >= 0.6 is 27.5 Å². The molecule has 1 aliphatic rings. The number of carbonyl (C=O) groups is 1. The number of hydrogen-bond acceptors (Lipinski definition) is 4. The number of amides is 1. The van der Waals surface area contributed by atoms with Gasteiger partial charge in [0.1, 0.15) is 5.75 Å². The van der Waals surface area contributed by atoms with E-state index in [1.165, 1.54) is 11.3 Å². The number of rotatable bonds is 6. The van der Waals surface area contributed by atoms with E-state index in [4.69, 9.17) is 16.3 Å². The number of ether oxygens (including phenoxy) is 1. The molecular formula is C23H27BrClN3O2. The third-order valence-corrected chi connectivity index (χ3v) is 6.20. The minimum atomic E-state index is -0.340. The SMILES string of the molecule is CCN1c2cc(Cl)c(/C=N/NC(=O)COc3cccc(Br)c3)cc2C(C)CC1(C)C. The Hall–Kier alpha value is -2.05. The Morgan fingerprint density at radius 2 is 2.17 bits per heavy atom. The summed E-state index contributed by atoms with van der Waals surface area (Å²) in [5.74, 6) is 0.682. The molecule has 1 amide bonds. The number of nitrogens with zero attached hydrogens (tertiary/aromatic N) is 2. The van der Waals surface area contributed by atoms with Gasteiger partial charge < -0.3 is 9.64 Å². The van der Waals surface area contributed by atoms with Crippen LogP contribution in [-0.2, 0) is 4.79 Å². The highest BCUT2D eigenvalue weighted by atomic mass is 79.9. The predicted octanol–water partition coefficient (Wildman–Crippen LogP) is 5.74. The smallest absolute Gasteiger partial charge is 0.277 e. The van der Waals surface area contributed by atoms with Crippen molar-refractivity contribution >= 4 is 45.3 Å². The van der Waals surface area contributed by atoms with Crippen LogP contribution in [0.25, 0.3) is 0 Å². The summed E-state index contributed by atoms with van der Waals surface area (Å²) < 4.78 is 6.35. The van der Waals surface area contributed by atoms with E-state index in [0.717, 1.165) is 23.0 Å². The molecule has 1 heterocycles. The van der Waals surface area contributed by atoms with Gasteiger partial charge in [0.2, 0.25) is 0 Å². The molecule has 2 aromatic rings. The first-order valence-electron chi connectivity index (χ1n) is 10.0. The zero-order chi connectivity index (χ0) is 21.9.